The van der Waals surface area contributed by atoms with E-state index in [4.69, 9.17) is 0 Å². The summed E-state index contributed by atoms with van der Waals surface area (Å²) in [5.41, 5.74) is 7.20. The van der Waals surface area contributed by atoms with Crippen LogP contribution in [0.3, 0.4) is 0 Å². The topological polar surface area (TPSA) is 0 Å². The monoisotopic (exact) mass is 488 g/mol. The fraction of sp³-hybridized carbons (Fsp3) is 0.600. The molecule has 3 heterocycles. The summed E-state index contributed by atoms with van der Waals surface area (Å²) in [6.07, 6.45) is 17.4. The molecule has 0 aliphatic heterocycles. The van der Waals surface area contributed by atoms with E-state index >= 15 is 0 Å². The molecule has 6 bridgehead atoms. The molecule has 33 heavy (non-hydrogen) atoms. The zero-order chi connectivity index (χ0) is 21.3. The average molecular weight is 489 g/mol. The van der Waals surface area contributed by atoms with Gasteiger partial charge in [-0.1, -0.05) is 0 Å². The first kappa shape index (κ1) is 19.3. The molecule has 0 radical (unpaired) electrons. The standard InChI is InChI=1S/C30H32S3/c1-9-19-10-2-15(1)21-13-23(31-27(19)21)29-25-17-5-7-18(8-6-17)26(25)30(33-29)24-14-22-16-3-11-20(12-4-16)28(22)32-24/h13-20H,1-12H2. The third kappa shape index (κ3) is 2.58. The van der Waals surface area contributed by atoms with E-state index < -0.39 is 0 Å². The van der Waals surface area contributed by atoms with Crippen molar-refractivity contribution in [3.8, 4) is 19.5 Å². The van der Waals surface area contributed by atoms with Crippen molar-refractivity contribution in [3.05, 3.63) is 44.1 Å². The van der Waals surface area contributed by atoms with E-state index in [0.29, 0.717) is 0 Å². The molecule has 3 aromatic heterocycles. The van der Waals surface area contributed by atoms with Gasteiger partial charge in [-0.15, -0.1) is 34.0 Å². The van der Waals surface area contributed by atoms with Gasteiger partial charge in [-0.25, -0.2) is 0 Å². The summed E-state index contributed by atoms with van der Waals surface area (Å²) in [6.45, 7) is 0. The first-order chi connectivity index (χ1) is 16.3. The van der Waals surface area contributed by atoms with Crippen LogP contribution in [0.25, 0.3) is 19.5 Å². The van der Waals surface area contributed by atoms with E-state index in [9.17, 15) is 0 Å². The molecule has 9 aliphatic rings. The van der Waals surface area contributed by atoms with Gasteiger partial charge in [0.15, 0.2) is 0 Å². The van der Waals surface area contributed by atoms with Crippen molar-refractivity contribution in [3.63, 3.8) is 0 Å². The minimum Gasteiger partial charge on any atom is -0.139 e. The Morgan fingerprint density at radius 2 is 0.788 bits per heavy atom. The van der Waals surface area contributed by atoms with Gasteiger partial charge in [0, 0.05) is 29.3 Å². The SMILES string of the molecule is c1c(-c2sc(-c3cc4c(s3)C3CCC4CC3)c3c2C2CCC3CC2)sc2c1C1CCC2CC1. The molecule has 170 valence electrons. The molecule has 0 amide bonds. The molecule has 0 atom stereocenters. The van der Waals surface area contributed by atoms with Crippen LogP contribution in [-0.2, 0) is 0 Å². The van der Waals surface area contributed by atoms with Crippen LogP contribution < -0.4 is 0 Å². The zero-order valence-corrected chi connectivity index (χ0v) is 21.8. The summed E-state index contributed by atoms with van der Waals surface area (Å²) < 4.78 is 0. The number of fused-ring (bicyclic) bond motifs is 6. The number of hydrogen-bond acceptors (Lipinski definition) is 3. The van der Waals surface area contributed by atoms with Crippen LogP contribution in [0.4, 0.5) is 0 Å². The molecule has 3 heteroatoms. The molecule has 0 aromatic carbocycles. The highest BCUT2D eigenvalue weighted by Crippen LogP contribution is 2.63. The van der Waals surface area contributed by atoms with Gasteiger partial charge in [-0.3, -0.25) is 0 Å². The molecule has 0 nitrogen and oxygen atoms in total. The predicted molar refractivity (Wildman–Crippen MR) is 143 cm³/mol. The van der Waals surface area contributed by atoms with Gasteiger partial charge in [-0.05, 0) is 147 Å². The summed E-state index contributed by atoms with van der Waals surface area (Å²) >= 11 is 6.65. The van der Waals surface area contributed by atoms with E-state index in [2.05, 4.69) is 46.1 Å². The number of hydrogen-bond donors (Lipinski definition) is 0. The highest BCUT2D eigenvalue weighted by atomic mass is 32.1. The first-order valence-electron chi connectivity index (χ1n) is 13.8. The Labute approximate surface area is 209 Å². The third-order valence-corrected chi connectivity index (χ3v) is 14.8. The van der Waals surface area contributed by atoms with Crippen molar-refractivity contribution < 1.29 is 0 Å². The van der Waals surface area contributed by atoms with E-state index in [-0.39, 0.29) is 0 Å². The second kappa shape index (κ2) is 6.86. The second-order valence-electron chi connectivity index (χ2n) is 12.1. The maximum absolute atomic E-state index is 2.69. The Bertz CT molecular complexity index is 1100. The molecule has 3 aromatic rings. The molecule has 12 rings (SSSR count). The van der Waals surface area contributed by atoms with Gasteiger partial charge in [0.25, 0.3) is 0 Å². The summed E-state index contributed by atoms with van der Waals surface area (Å²) in [5, 5.41) is 0. The van der Waals surface area contributed by atoms with Crippen LogP contribution in [0.2, 0.25) is 0 Å². The molecular formula is C30H32S3. The fourth-order valence-electron chi connectivity index (χ4n) is 8.98. The largest absolute Gasteiger partial charge is 0.139 e. The Hall–Kier alpha value is -0.900. The van der Waals surface area contributed by atoms with Crippen LogP contribution in [-0.4, -0.2) is 0 Å². The smallest absolute Gasteiger partial charge is 0.0487 e. The number of thiophene rings is 3. The lowest BCUT2D eigenvalue weighted by molar-refractivity contribution is 0.362. The maximum Gasteiger partial charge on any atom is 0.0487 e. The third-order valence-electron chi connectivity index (χ3n) is 10.6. The van der Waals surface area contributed by atoms with Crippen molar-refractivity contribution in [2.24, 2.45) is 0 Å². The molecule has 0 N–H and O–H groups in total. The van der Waals surface area contributed by atoms with Crippen LogP contribution >= 0.6 is 34.0 Å². The fourth-order valence-corrected chi connectivity index (χ4v) is 13.5. The highest BCUT2D eigenvalue weighted by molar-refractivity contribution is 7.27. The quantitative estimate of drug-likeness (QED) is 0.336. The van der Waals surface area contributed by atoms with Gasteiger partial charge < -0.3 is 0 Å². The summed E-state index contributed by atoms with van der Waals surface area (Å²) in [4.78, 5) is 10.3. The van der Waals surface area contributed by atoms with Gasteiger partial charge in [-0.2, -0.15) is 0 Å². The Morgan fingerprint density at radius 3 is 1.18 bits per heavy atom. The molecule has 0 spiro atoms. The van der Waals surface area contributed by atoms with Crippen LogP contribution in [0.5, 0.6) is 0 Å². The van der Waals surface area contributed by atoms with Crippen LogP contribution in [0.15, 0.2) is 12.1 Å². The van der Waals surface area contributed by atoms with E-state index in [0.717, 1.165) is 35.5 Å². The first-order valence-corrected chi connectivity index (χ1v) is 16.2. The van der Waals surface area contributed by atoms with Crippen LogP contribution in [0, 0.1) is 0 Å². The molecule has 9 aliphatic carbocycles. The lowest BCUT2D eigenvalue weighted by Crippen LogP contribution is -2.21. The molecule has 3 fully saturated rings. The summed E-state index contributed by atoms with van der Waals surface area (Å²) in [6, 6.07) is 5.38. The summed E-state index contributed by atoms with van der Waals surface area (Å²) in [7, 11) is 0. The minimum atomic E-state index is 0.839. The van der Waals surface area contributed by atoms with Crippen molar-refractivity contribution >= 4 is 34.0 Å². The average Bonchev–Trinajstić information content (AvgIpc) is 3.62. The van der Waals surface area contributed by atoms with Gasteiger partial charge >= 0.3 is 0 Å². The van der Waals surface area contributed by atoms with Gasteiger partial charge in [0.1, 0.15) is 0 Å². The zero-order valence-electron chi connectivity index (χ0n) is 19.3. The van der Waals surface area contributed by atoms with Gasteiger partial charge in [0.2, 0.25) is 0 Å². The molecule has 0 saturated heterocycles. The van der Waals surface area contributed by atoms with Crippen molar-refractivity contribution in [2.75, 3.05) is 0 Å². The molecule has 3 saturated carbocycles. The Morgan fingerprint density at radius 1 is 0.424 bits per heavy atom. The van der Waals surface area contributed by atoms with Crippen LogP contribution in [0.1, 0.15) is 145 Å². The van der Waals surface area contributed by atoms with E-state index in [1.807, 2.05) is 11.1 Å². The van der Waals surface area contributed by atoms with Crippen molar-refractivity contribution in [1.29, 1.82) is 0 Å². The van der Waals surface area contributed by atoms with Crippen molar-refractivity contribution in [2.45, 2.75) is 113 Å². The Balaban J connectivity index is 1.24. The predicted octanol–water partition coefficient (Wildman–Crippen LogP) is 10.5. The van der Waals surface area contributed by atoms with E-state index in [1.165, 1.54) is 77.0 Å². The second-order valence-corrected chi connectivity index (χ2v) is 15.3. The molecule has 0 unspecified atom stereocenters. The number of rotatable bonds is 2. The lowest BCUT2D eigenvalue weighted by Gasteiger charge is -2.37. The van der Waals surface area contributed by atoms with E-state index in [1.54, 1.807) is 40.4 Å². The summed E-state index contributed by atoms with van der Waals surface area (Å²) in [5.74, 6) is 5.20. The Kier molecular flexibility index (Phi) is 4.01. The minimum absolute atomic E-state index is 0.839. The van der Waals surface area contributed by atoms with Crippen molar-refractivity contribution in [1.82, 2.24) is 0 Å². The normalized spacial score (nSPS) is 35.0. The maximum atomic E-state index is 2.69. The van der Waals surface area contributed by atoms with Gasteiger partial charge in [0.05, 0.1) is 0 Å². The lowest BCUT2D eigenvalue weighted by atomic mass is 9.67. The molecular weight excluding hydrogens is 457 g/mol. The highest BCUT2D eigenvalue weighted by Gasteiger charge is 2.42.